The molecular formula is C17H26N2O4. The lowest BCUT2D eigenvalue weighted by atomic mass is 9.87. The standard InChI is InChI=1S/C17H26N2O4/c1-17(2,3)14(10-20)19-15(21)9-13(18)16(22)23-11-12-7-5-4-6-8-12/h4-8,13-14,20H,9-11,18H2,1-3H3,(H,19,21)/t13?,14-/m0/s1. The third kappa shape index (κ3) is 6.80. The summed E-state index contributed by atoms with van der Waals surface area (Å²) in [5.41, 5.74) is 6.27. The van der Waals surface area contributed by atoms with E-state index < -0.39 is 18.1 Å². The van der Waals surface area contributed by atoms with Gasteiger partial charge in [-0.25, -0.2) is 0 Å². The number of rotatable bonds is 7. The van der Waals surface area contributed by atoms with Crippen LogP contribution in [0.5, 0.6) is 0 Å². The number of carbonyl (C=O) groups excluding carboxylic acids is 2. The summed E-state index contributed by atoms with van der Waals surface area (Å²) in [5, 5.41) is 12.0. The average Bonchev–Trinajstić information content (AvgIpc) is 2.50. The minimum Gasteiger partial charge on any atom is -0.460 e. The number of hydrogen-bond acceptors (Lipinski definition) is 5. The van der Waals surface area contributed by atoms with Gasteiger partial charge in [-0.05, 0) is 11.0 Å². The van der Waals surface area contributed by atoms with Gasteiger partial charge in [0.2, 0.25) is 5.91 Å². The van der Waals surface area contributed by atoms with Crippen molar-refractivity contribution < 1.29 is 19.4 Å². The minimum atomic E-state index is -1.03. The maximum absolute atomic E-state index is 11.9. The van der Waals surface area contributed by atoms with E-state index in [4.69, 9.17) is 10.5 Å². The van der Waals surface area contributed by atoms with Crippen LogP contribution in [0.15, 0.2) is 30.3 Å². The average molecular weight is 322 g/mol. The SMILES string of the molecule is CC(C)(C)[C@H](CO)NC(=O)CC(N)C(=O)OCc1ccccc1. The summed E-state index contributed by atoms with van der Waals surface area (Å²) in [5.74, 6) is -1.01. The van der Waals surface area contributed by atoms with E-state index >= 15 is 0 Å². The zero-order chi connectivity index (χ0) is 17.5. The van der Waals surface area contributed by atoms with Crippen LogP contribution in [0.3, 0.4) is 0 Å². The Kier molecular flexibility index (Phi) is 7.19. The molecule has 128 valence electrons. The third-order valence-corrected chi connectivity index (χ3v) is 3.50. The van der Waals surface area contributed by atoms with Gasteiger partial charge < -0.3 is 20.9 Å². The second kappa shape index (κ2) is 8.64. The summed E-state index contributed by atoms with van der Waals surface area (Å²) in [6.45, 7) is 5.66. The summed E-state index contributed by atoms with van der Waals surface area (Å²) < 4.78 is 5.10. The molecule has 0 aliphatic carbocycles. The summed E-state index contributed by atoms with van der Waals surface area (Å²) in [4.78, 5) is 23.8. The summed E-state index contributed by atoms with van der Waals surface area (Å²) >= 11 is 0. The molecule has 1 aromatic rings. The van der Waals surface area contributed by atoms with Crippen LogP contribution >= 0.6 is 0 Å². The van der Waals surface area contributed by atoms with Crippen LogP contribution in [-0.2, 0) is 20.9 Å². The molecule has 0 fully saturated rings. The molecule has 4 N–H and O–H groups in total. The van der Waals surface area contributed by atoms with Gasteiger partial charge in [-0.1, -0.05) is 51.1 Å². The number of hydrogen-bond donors (Lipinski definition) is 3. The predicted molar refractivity (Wildman–Crippen MR) is 87.3 cm³/mol. The predicted octanol–water partition coefficient (Wildman–Crippen LogP) is 0.970. The Morgan fingerprint density at radius 3 is 2.39 bits per heavy atom. The summed E-state index contributed by atoms with van der Waals surface area (Å²) in [6.07, 6.45) is -0.180. The molecule has 0 saturated heterocycles. The highest BCUT2D eigenvalue weighted by Gasteiger charge is 2.27. The Hall–Kier alpha value is -1.92. The van der Waals surface area contributed by atoms with Gasteiger partial charge in [0.25, 0.3) is 0 Å². The number of benzene rings is 1. The first-order valence-corrected chi connectivity index (χ1v) is 7.60. The van der Waals surface area contributed by atoms with Crippen molar-refractivity contribution >= 4 is 11.9 Å². The molecule has 2 atom stereocenters. The maximum atomic E-state index is 11.9. The van der Waals surface area contributed by atoms with Crippen LogP contribution in [0.4, 0.5) is 0 Å². The molecule has 0 bridgehead atoms. The fourth-order valence-electron chi connectivity index (χ4n) is 1.91. The van der Waals surface area contributed by atoms with Crippen molar-refractivity contribution in [1.82, 2.24) is 5.32 Å². The molecule has 1 unspecified atom stereocenters. The van der Waals surface area contributed by atoms with E-state index in [1.807, 2.05) is 51.1 Å². The second-order valence-corrected chi connectivity index (χ2v) is 6.57. The number of aliphatic hydroxyl groups is 1. The first-order valence-electron chi connectivity index (χ1n) is 7.60. The first-order chi connectivity index (χ1) is 10.7. The van der Waals surface area contributed by atoms with Crippen LogP contribution in [0, 0.1) is 5.41 Å². The fraction of sp³-hybridized carbons (Fsp3) is 0.529. The lowest BCUT2D eigenvalue weighted by Gasteiger charge is -2.30. The Morgan fingerprint density at radius 1 is 1.26 bits per heavy atom. The van der Waals surface area contributed by atoms with Crippen LogP contribution in [0.1, 0.15) is 32.8 Å². The lowest BCUT2D eigenvalue weighted by Crippen LogP contribution is -2.48. The van der Waals surface area contributed by atoms with Gasteiger partial charge in [-0.3, -0.25) is 9.59 Å². The quantitative estimate of drug-likeness (QED) is 0.649. The minimum absolute atomic E-state index is 0.121. The number of amides is 1. The van der Waals surface area contributed by atoms with Crippen molar-refractivity contribution in [2.75, 3.05) is 6.61 Å². The number of nitrogens with two attached hydrogens (primary N) is 1. The molecule has 23 heavy (non-hydrogen) atoms. The van der Waals surface area contributed by atoms with Crippen LogP contribution in [0.2, 0.25) is 0 Å². The van der Waals surface area contributed by atoms with E-state index in [1.165, 1.54) is 0 Å². The van der Waals surface area contributed by atoms with E-state index in [2.05, 4.69) is 5.32 Å². The molecule has 1 aromatic carbocycles. The summed E-state index contributed by atoms with van der Waals surface area (Å²) in [7, 11) is 0. The topological polar surface area (TPSA) is 102 Å². The van der Waals surface area contributed by atoms with Gasteiger partial charge >= 0.3 is 5.97 Å². The number of carbonyl (C=O) groups is 2. The summed E-state index contributed by atoms with van der Waals surface area (Å²) in [6, 6.07) is 7.80. The molecule has 0 aromatic heterocycles. The van der Waals surface area contributed by atoms with E-state index in [1.54, 1.807) is 0 Å². The van der Waals surface area contributed by atoms with Crippen LogP contribution in [0.25, 0.3) is 0 Å². The third-order valence-electron chi connectivity index (χ3n) is 3.50. The molecule has 6 nitrogen and oxygen atoms in total. The largest absolute Gasteiger partial charge is 0.460 e. The Morgan fingerprint density at radius 2 is 1.87 bits per heavy atom. The van der Waals surface area contributed by atoms with Crippen LogP contribution in [-0.4, -0.2) is 35.7 Å². The lowest BCUT2D eigenvalue weighted by molar-refractivity contribution is -0.148. The molecule has 0 aliphatic rings. The highest BCUT2D eigenvalue weighted by atomic mass is 16.5. The molecular weight excluding hydrogens is 296 g/mol. The number of ether oxygens (including phenoxy) is 1. The van der Waals surface area contributed by atoms with Crippen molar-refractivity contribution in [1.29, 1.82) is 0 Å². The van der Waals surface area contributed by atoms with Crippen molar-refractivity contribution in [2.45, 2.75) is 45.9 Å². The molecule has 1 amide bonds. The zero-order valence-corrected chi connectivity index (χ0v) is 13.9. The smallest absolute Gasteiger partial charge is 0.323 e. The van der Waals surface area contributed by atoms with Gasteiger partial charge in [0.15, 0.2) is 0 Å². The van der Waals surface area contributed by atoms with Gasteiger partial charge in [-0.15, -0.1) is 0 Å². The molecule has 0 heterocycles. The van der Waals surface area contributed by atoms with Crippen molar-refractivity contribution in [3.05, 3.63) is 35.9 Å². The van der Waals surface area contributed by atoms with E-state index in [9.17, 15) is 14.7 Å². The normalized spacial score (nSPS) is 14.0. The van der Waals surface area contributed by atoms with Crippen molar-refractivity contribution in [3.63, 3.8) is 0 Å². The molecule has 0 radical (unpaired) electrons. The Labute approximate surface area is 137 Å². The molecule has 1 rings (SSSR count). The first kappa shape index (κ1) is 19.1. The van der Waals surface area contributed by atoms with E-state index in [0.29, 0.717) is 0 Å². The Balaban J connectivity index is 2.43. The second-order valence-electron chi connectivity index (χ2n) is 6.57. The number of esters is 1. The highest BCUT2D eigenvalue weighted by molar-refractivity contribution is 5.85. The van der Waals surface area contributed by atoms with Gasteiger partial charge in [-0.2, -0.15) is 0 Å². The highest BCUT2D eigenvalue weighted by Crippen LogP contribution is 2.18. The molecule has 0 aliphatic heterocycles. The monoisotopic (exact) mass is 322 g/mol. The van der Waals surface area contributed by atoms with E-state index in [0.717, 1.165) is 5.56 Å². The van der Waals surface area contributed by atoms with Crippen molar-refractivity contribution in [3.8, 4) is 0 Å². The number of aliphatic hydroxyl groups excluding tert-OH is 1. The van der Waals surface area contributed by atoms with Crippen molar-refractivity contribution in [2.24, 2.45) is 11.1 Å². The molecule has 0 spiro atoms. The molecule has 0 saturated carbocycles. The number of nitrogens with one attached hydrogen (secondary N) is 1. The molecule has 6 heteroatoms. The van der Waals surface area contributed by atoms with Crippen LogP contribution < -0.4 is 11.1 Å². The fourth-order valence-corrected chi connectivity index (χ4v) is 1.91. The van der Waals surface area contributed by atoms with Gasteiger partial charge in [0.1, 0.15) is 12.6 Å². The van der Waals surface area contributed by atoms with Gasteiger partial charge in [0.05, 0.1) is 19.1 Å². The van der Waals surface area contributed by atoms with Gasteiger partial charge in [0, 0.05) is 0 Å². The maximum Gasteiger partial charge on any atom is 0.323 e. The zero-order valence-electron chi connectivity index (χ0n) is 13.9. The van der Waals surface area contributed by atoms with E-state index in [-0.39, 0.29) is 31.0 Å². The Bertz CT molecular complexity index is 511.